The monoisotopic (exact) mass is 358 g/mol. The van der Waals surface area contributed by atoms with E-state index in [0.717, 1.165) is 6.42 Å². The molecule has 1 rings (SSSR count). The van der Waals surface area contributed by atoms with Crippen molar-refractivity contribution in [3.8, 4) is 0 Å². The van der Waals surface area contributed by atoms with E-state index in [-0.39, 0.29) is 29.0 Å². The van der Waals surface area contributed by atoms with Gasteiger partial charge in [0.2, 0.25) is 5.91 Å². The maximum Gasteiger partial charge on any atom is 0.297 e. The van der Waals surface area contributed by atoms with Gasteiger partial charge in [0.25, 0.3) is 13.4 Å². The van der Waals surface area contributed by atoms with E-state index >= 15 is 0 Å². The fourth-order valence-corrected chi connectivity index (χ4v) is 2.52. The van der Waals surface area contributed by atoms with Crippen LogP contribution < -0.4 is 10.6 Å². The van der Waals surface area contributed by atoms with Gasteiger partial charge in [0.15, 0.2) is 0 Å². The molecule has 0 spiro atoms. The summed E-state index contributed by atoms with van der Waals surface area (Å²) in [6.45, 7) is 4.00. The Balaban J connectivity index is 2.54. The highest BCUT2D eigenvalue weighted by atomic mass is 35.5. The van der Waals surface area contributed by atoms with Crippen molar-refractivity contribution >= 4 is 42.5 Å². The van der Waals surface area contributed by atoms with E-state index in [1.807, 2.05) is 0 Å². The third-order valence-corrected chi connectivity index (χ3v) is 3.64. The van der Waals surface area contributed by atoms with Gasteiger partial charge in [0, 0.05) is 18.1 Å². The minimum Gasteiger partial charge on any atom is -0.440 e. The SMILES string of the molecule is COB[C@H](CC(C)C)NC(=O)CNC(=O)c1cc(Cl)ccc1Cl. The van der Waals surface area contributed by atoms with Gasteiger partial charge in [0.1, 0.15) is 0 Å². The largest absolute Gasteiger partial charge is 0.440 e. The summed E-state index contributed by atoms with van der Waals surface area (Å²) in [5, 5.41) is 6.06. The minimum absolute atomic E-state index is 0.0841. The van der Waals surface area contributed by atoms with Crippen LogP contribution in [-0.2, 0) is 9.45 Å². The highest BCUT2D eigenvalue weighted by molar-refractivity contribution is 6.35. The average molecular weight is 359 g/mol. The fraction of sp³-hybridized carbons (Fsp3) is 0.467. The molecule has 1 aromatic carbocycles. The van der Waals surface area contributed by atoms with Crippen molar-refractivity contribution in [3.05, 3.63) is 33.8 Å². The van der Waals surface area contributed by atoms with E-state index in [0.29, 0.717) is 18.4 Å². The zero-order valence-corrected chi connectivity index (χ0v) is 15.0. The second-order valence-electron chi connectivity index (χ2n) is 5.66. The molecular formula is C15H21BCl2N2O3. The summed E-state index contributed by atoms with van der Waals surface area (Å²) >= 11 is 11.8. The molecule has 1 atom stereocenters. The summed E-state index contributed by atoms with van der Waals surface area (Å²) in [6.07, 6.45) is 0.799. The molecule has 0 aromatic heterocycles. The molecule has 23 heavy (non-hydrogen) atoms. The number of carbonyl (C=O) groups is 2. The summed E-state index contributed by atoms with van der Waals surface area (Å²) in [5.74, 6) is -0.381. The van der Waals surface area contributed by atoms with Gasteiger partial charge < -0.3 is 15.3 Å². The molecule has 0 unspecified atom stereocenters. The fourth-order valence-electron chi connectivity index (χ4n) is 2.14. The van der Waals surface area contributed by atoms with Crippen molar-refractivity contribution in [3.63, 3.8) is 0 Å². The Morgan fingerprint density at radius 2 is 2.00 bits per heavy atom. The van der Waals surface area contributed by atoms with Crippen LogP contribution in [0.1, 0.15) is 30.6 Å². The van der Waals surface area contributed by atoms with Crippen molar-refractivity contribution in [2.75, 3.05) is 13.7 Å². The highest BCUT2D eigenvalue weighted by Crippen LogP contribution is 2.20. The maximum absolute atomic E-state index is 12.1. The summed E-state index contributed by atoms with van der Waals surface area (Å²) in [5.41, 5.74) is 0.239. The van der Waals surface area contributed by atoms with E-state index in [9.17, 15) is 9.59 Å². The van der Waals surface area contributed by atoms with E-state index in [4.69, 9.17) is 27.9 Å². The lowest BCUT2D eigenvalue weighted by molar-refractivity contribution is -0.120. The predicted octanol–water partition coefficient (Wildman–Crippen LogP) is 2.21. The van der Waals surface area contributed by atoms with Crippen molar-refractivity contribution in [2.45, 2.75) is 26.2 Å². The number of hydrogen-bond acceptors (Lipinski definition) is 3. The molecule has 5 nitrogen and oxygen atoms in total. The highest BCUT2D eigenvalue weighted by Gasteiger charge is 2.17. The first kappa shape index (κ1) is 19.8. The van der Waals surface area contributed by atoms with Gasteiger partial charge in [-0.1, -0.05) is 37.0 Å². The van der Waals surface area contributed by atoms with Gasteiger partial charge in [-0.25, -0.2) is 0 Å². The van der Waals surface area contributed by atoms with E-state index in [1.165, 1.54) is 12.1 Å². The number of rotatable bonds is 8. The van der Waals surface area contributed by atoms with Crippen molar-refractivity contribution in [1.82, 2.24) is 10.6 Å². The molecule has 0 radical (unpaired) electrons. The Bertz CT molecular complexity index is 556. The van der Waals surface area contributed by atoms with Crippen molar-refractivity contribution < 1.29 is 14.2 Å². The van der Waals surface area contributed by atoms with Crippen LogP contribution in [-0.4, -0.2) is 38.9 Å². The molecule has 0 saturated heterocycles. The third-order valence-electron chi connectivity index (χ3n) is 3.07. The quantitative estimate of drug-likeness (QED) is 0.700. The molecule has 0 heterocycles. The van der Waals surface area contributed by atoms with E-state index < -0.39 is 5.91 Å². The van der Waals surface area contributed by atoms with Crippen LogP contribution in [0.3, 0.4) is 0 Å². The lowest BCUT2D eigenvalue weighted by atomic mass is 9.81. The summed E-state index contributed by atoms with van der Waals surface area (Å²) < 4.78 is 5.10. The third kappa shape index (κ3) is 7.25. The summed E-state index contributed by atoms with van der Waals surface area (Å²) in [4.78, 5) is 24.0. The molecule has 8 heteroatoms. The van der Waals surface area contributed by atoms with Crippen LogP contribution in [0.4, 0.5) is 0 Å². The van der Waals surface area contributed by atoms with Crippen LogP contribution in [0, 0.1) is 5.92 Å². The Labute approximate surface area is 147 Å². The molecule has 2 amide bonds. The molecule has 126 valence electrons. The molecule has 1 aromatic rings. The molecule has 2 N–H and O–H groups in total. The topological polar surface area (TPSA) is 67.4 Å². The van der Waals surface area contributed by atoms with E-state index in [1.54, 1.807) is 13.2 Å². The van der Waals surface area contributed by atoms with Gasteiger partial charge in [-0.2, -0.15) is 0 Å². The smallest absolute Gasteiger partial charge is 0.297 e. The minimum atomic E-state index is -0.445. The summed E-state index contributed by atoms with van der Waals surface area (Å²) in [6, 6.07) is 4.59. The number of hydrogen-bond donors (Lipinski definition) is 2. The molecule has 0 aliphatic heterocycles. The van der Waals surface area contributed by atoms with Crippen LogP contribution in [0.2, 0.25) is 10.0 Å². The average Bonchev–Trinajstić information content (AvgIpc) is 2.47. The number of amides is 2. The van der Waals surface area contributed by atoms with Gasteiger partial charge in [-0.05, 0) is 30.5 Å². The van der Waals surface area contributed by atoms with Crippen LogP contribution in [0.15, 0.2) is 18.2 Å². The number of benzene rings is 1. The molecule has 0 fully saturated rings. The summed E-state index contributed by atoms with van der Waals surface area (Å²) in [7, 11) is 2.01. The molecular weight excluding hydrogens is 338 g/mol. The molecule has 0 aliphatic carbocycles. The van der Waals surface area contributed by atoms with Crippen LogP contribution >= 0.6 is 23.2 Å². The van der Waals surface area contributed by atoms with Gasteiger partial charge in [0.05, 0.1) is 17.1 Å². The Morgan fingerprint density at radius 3 is 2.61 bits per heavy atom. The molecule has 0 saturated carbocycles. The lowest BCUT2D eigenvalue weighted by Gasteiger charge is -2.19. The number of nitrogens with one attached hydrogen (secondary N) is 2. The van der Waals surface area contributed by atoms with Gasteiger partial charge in [-0.3, -0.25) is 9.59 Å². The number of carbonyl (C=O) groups excluding carboxylic acids is 2. The Kier molecular flexibility index (Phi) is 8.44. The predicted molar refractivity (Wildman–Crippen MR) is 94.3 cm³/mol. The standard InChI is InChI=1S/C15H21BCl2N2O3/c1-9(2)6-13(16-23-3)20-14(21)8-19-15(22)11-7-10(17)4-5-12(11)18/h4-5,7,9,13,16H,6,8H2,1-3H3,(H,19,22)(H,20,21)/t13-/m0/s1. The van der Waals surface area contributed by atoms with Gasteiger partial charge >= 0.3 is 0 Å². The van der Waals surface area contributed by atoms with E-state index in [2.05, 4.69) is 24.5 Å². The first-order valence-electron chi connectivity index (χ1n) is 7.35. The maximum atomic E-state index is 12.1. The Morgan fingerprint density at radius 1 is 1.30 bits per heavy atom. The second-order valence-corrected chi connectivity index (χ2v) is 6.50. The van der Waals surface area contributed by atoms with Crippen molar-refractivity contribution in [2.24, 2.45) is 5.92 Å². The molecule has 0 aliphatic rings. The van der Waals surface area contributed by atoms with Crippen LogP contribution in [0.25, 0.3) is 0 Å². The second kappa shape index (κ2) is 9.80. The zero-order valence-electron chi connectivity index (χ0n) is 13.5. The normalized spacial score (nSPS) is 11.9. The lowest BCUT2D eigenvalue weighted by Crippen LogP contribution is -2.45. The Hall–Kier alpha value is -1.24. The van der Waals surface area contributed by atoms with Crippen LogP contribution in [0.5, 0.6) is 0 Å². The zero-order chi connectivity index (χ0) is 17.4. The number of halogens is 2. The van der Waals surface area contributed by atoms with Gasteiger partial charge in [-0.15, -0.1) is 0 Å². The molecule has 0 bridgehead atoms. The van der Waals surface area contributed by atoms with Crippen molar-refractivity contribution in [1.29, 1.82) is 0 Å². The first-order valence-corrected chi connectivity index (χ1v) is 8.10. The first-order chi connectivity index (χ1) is 10.8.